The molecule has 0 bridgehead atoms. The van der Waals surface area contributed by atoms with Gasteiger partial charge in [-0.1, -0.05) is 27.7 Å². The Bertz CT molecular complexity index is 795. The molecule has 2 aromatic rings. The molecule has 1 N–H and O–H groups in total. The third kappa shape index (κ3) is 4.03. The van der Waals surface area contributed by atoms with Gasteiger partial charge < -0.3 is 10.2 Å². The molecule has 0 saturated heterocycles. The average molecular weight is 356 g/mol. The molecule has 0 atom stereocenters. The zero-order valence-electron chi connectivity index (χ0n) is 16.3. The summed E-state index contributed by atoms with van der Waals surface area (Å²) in [6, 6.07) is 4.07. The molecule has 7 nitrogen and oxygen atoms in total. The summed E-state index contributed by atoms with van der Waals surface area (Å²) >= 11 is 0. The minimum Gasteiger partial charge on any atom is -0.364 e. The summed E-state index contributed by atoms with van der Waals surface area (Å²) in [5.41, 5.74) is 3.08. The fourth-order valence-corrected chi connectivity index (χ4v) is 3.12. The topological polar surface area (TPSA) is 75.9 Å². The highest BCUT2D eigenvalue weighted by Gasteiger charge is 2.23. The van der Waals surface area contributed by atoms with Crippen molar-refractivity contribution in [2.24, 2.45) is 5.92 Å². The summed E-state index contributed by atoms with van der Waals surface area (Å²) in [4.78, 5) is 23.1. The van der Waals surface area contributed by atoms with Crippen LogP contribution < -0.4 is 5.32 Å². The van der Waals surface area contributed by atoms with E-state index in [1.165, 1.54) is 0 Å². The summed E-state index contributed by atoms with van der Waals surface area (Å²) in [6.45, 7) is 12.8. The van der Waals surface area contributed by atoms with Crippen LogP contribution >= 0.6 is 0 Å². The summed E-state index contributed by atoms with van der Waals surface area (Å²) in [5.74, 6) is 2.19. The van der Waals surface area contributed by atoms with Crippen molar-refractivity contribution in [2.75, 3.05) is 11.9 Å². The molecule has 7 heteroatoms. The predicted molar refractivity (Wildman–Crippen MR) is 101 cm³/mol. The minimum absolute atomic E-state index is 0.0294. The molecule has 1 amide bonds. The van der Waals surface area contributed by atoms with E-state index in [1.807, 2.05) is 36.4 Å². The van der Waals surface area contributed by atoms with Crippen LogP contribution in [-0.4, -0.2) is 37.1 Å². The maximum absolute atomic E-state index is 12.2. The number of aryl methyl sites for hydroxylation is 1. The van der Waals surface area contributed by atoms with Gasteiger partial charge in [0.05, 0.1) is 31.0 Å². The van der Waals surface area contributed by atoms with Crippen molar-refractivity contribution in [3.63, 3.8) is 0 Å². The Morgan fingerprint density at radius 1 is 1.19 bits per heavy atom. The lowest BCUT2D eigenvalue weighted by molar-refractivity contribution is -0.136. The second-order valence-electron chi connectivity index (χ2n) is 7.50. The largest absolute Gasteiger partial charge is 0.364 e. The number of fused-ring (bicyclic) bond motifs is 1. The molecular weight excluding hydrogens is 328 g/mol. The third-order valence-electron chi connectivity index (χ3n) is 4.55. The Morgan fingerprint density at radius 3 is 2.65 bits per heavy atom. The van der Waals surface area contributed by atoms with Crippen LogP contribution in [0.1, 0.15) is 56.5 Å². The number of carbonyl (C=O) groups excluding carboxylic acids is 1. The second-order valence-corrected chi connectivity index (χ2v) is 7.50. The standard InChI is InChI=1S/C19H28N6O/c1-12(2)17-9-18(22-14(5)21-17)20-10-15-8-16-11-24(19(26)13(3)4)6-7-25(16)23-15/h8-9,12-13H,6-7,10-11H2,1-5H3,(H,20,21,22). The normalized spacial score (nSPS) is 14.0. The smallest absolute Gasteiger partial charge is 0.225 e. The number of amides is 1. The van der Waals surface area contributed by atoms with Crippen molar-refractivity contribution < 1.29 is 4.79 Å². The van der Waals surface area contributed by atoms with Crippen molar-refractivity contribution in [3.05, 3.63) is 35.0 Å². The maximum atomic E-state index is 12.2. The number of aromatic nitrogens is 4. The van der Waals surface area contributed by atoms with E-state index in [1.54, 1.807) is 0 Å². The second kappa shape index (κ2) is 7.43. The van der Waals surface area contributed by atoms with Gasteiger partial charge in [0.25, 0.3) is 0 Å². The number of carbonyl (C=O) groups is 1. The fraction of sp³-hybridized carbons (Fsp3) is 0.579. The molecule has 26 heavy (non-hydrogen) atoms. The average Bonchev–Trinajstić information content (AvgIpc) is 3.00. The molecule has 0 unspecified atom stereocenters. The summed E-state index contributed by atoms with van der Waals surface area (Å²) in [6.07, 6.45) is 0. The highest BCUT2D eigenvalue weighted by Crippen LogP contribution is 2.18. The molecule has 0 aliphatic carbocycles. The number of anilines is 1. The quantitative estimate of drug-likeness (QED) is 0.891. The van der Waals surface area contributed by atoms with Gasteiger partial charge in [-0.15, -0.1) is 0 Å². The van der Waals surface area contributed by atoms with E-state index in [9.17, 15) is 4.79 Å². The Balaban J connectivity index is 1.67. The molecule has 0 radical (unpaired) electrons. The van der Waals surface area contributed by atoms with Crippen LogP contribution in [0.3, 0.4) is 0 Å². The first-order valence-electron chi connectivity index (χ1n) is 9.27. The Hall–Kier alpha value is -2.44. The zero-order valence-corrected chi connectivity index (χ0v) is 16.3. The van der Waals surface area contributed by atoms with Crippen LogP contribution in [0.15, 0.2) is 12.1 Å². The molecule has 0 fully saturated rings. The molecule has 0 spiro atoms. The first kappa shape index (κ1) is 18.4. The lowest BCUT2D eigenvalue weighted by atomic mass is 10.1. The number of hydrogen-bond donors (Lipinski definition) is 1. The molecule has 0 saturated carbocycles. The van der Waals surface area contributed by atoms with Crippen LogP contribution in [0.4, 0.5) is 5.82 Å². The Morgan fingerprint density at radius 2 is 1.96 bits per heavy atom. The third-order valence-corrected chi connectivity index (χ3v) is 4.55. The number of nitrogens with zero attached hydrogens (tertiary/aromatic N) is 5. The van der Waals surface area contributed by atoms with Crippen molar-refractivity contribution in [2.45, 2.75) is 60.2 Å². The monoisotopic (exact) mass is 356 g/mol. The van der Waals surface area contributed by atoms with Gasteiger partial charge in [-0.2, -0.15) is 5.10 Å². The zero-order chi connectivity index (χ0) is 18.8. The van der Waals surface area contributed by atoms with E-state index in [4.69, 9.17) is 0 Å². The fourth-order valence-electron chi connectivity index (χ4n) is 3.12. The summed E-state index contributed by atoms with van der Waals surface area (Å²) < 4.78 is 2.01. The lowest BCUT2D eigenvalue weighted by Crippen LogP contribution is -2.40. The van der Waals surface area contributed by atoms with E-state index >= 15 is 0 Å². The summed E-state index contributed by atoms with van der Waals surface area (Å²) in [5, 5.41) is 8.01. The molecule has 3 heterocycles. The van der Waals surface area contributed by atoms with Crippen LogP contribution in [0, 0.1) is 12.8 Å². The van der Waals surface area contributed by atoms with Crippen LogP contribution in [0.25, 0.3) is 0 Å². The van der Waals surface area contributed by atoms with Gasteiger partial charge in [0.15, 0.2) is 0 Å². The van der Waals surface area contributed by atoms with Gasteiger partial charge in [-0.3, -0.25) is 9.48 Å². The van der Waals surface area contributed by atoms with E-state index in [-0.39, 0.29) is 11.8 Å². The van der Waals surface area contributed by atoms with Crippen molar-refractivity contribution in [3.8, 4) is 0 Å². The summed E-state index contributed by atoms with van der Waals surface area (Å²) in [7, 11) is 0. The van der Waals surface area contributed by atoms with Crippen LogP contribution in [0.5, 0.6) is 0 Å². The highest BCUT2D eigenvalue weighted by atomic mass is 16.2. The molecular formula is C19H28N6O. The molecule has 140 valence electrons. The minimum atomic E-state index is 0.0294. The van der Waals surface area contributed by atoms with E-state index in [0.29, 0.717) is 19.0 Å². The number of nitrogens with one attached hydrogen (secondary N) is 1. The van der Waals surface area contributed by atoms with Gasteiger partial charge >= 0.3 is 0 Å². The molecule has 3 rings (SSSR count). The Kier molecular flexibility index (Phi) is 5.25. The first-order valence-corrected chi connectivity index (χ1v) is 9.27. The van der Waals surface area contributed by atoms with E-state index < -0.39 is 0 Å². The van der Waals surface area contributed by atoms with E-state index in [2.05, 4.69) is 40.3 Å². The van der Waals surface area contributed by atoms with E-state index in [0.717, 1.165) is 41.8 Å². The van der Waals surface area contributed by atoms with Gasteiger partial charge in [0.1, 0.15) is 11.6 Å². The lowest BCUT2D eigenvalue weighted by Gasteiger charge is -2.29. The molecule has 2 aromatic heterocycles. The molecule has 0 aromatic carbocycles. The number of rotatable bonds is 5. The van der Waals surface area contributed by atoms with Gasteiger partial charge in [0.2, 0.25) is 5.91 Å². The predicted octanol–water partition coefficient (Wildman–Crippen LogP) is 2.72. The first-order chi connectivity index (χ1) is 12.3. The van der Waals surface area contributed by atoms with Crippen molar-refractivity contribution >= 4 is 11.7 Å². The highest BCUT2D eigenvalue weighted by molar-refractivity contribution is 5.78. The SMILES string of the molecule is Cc1nc(NCc2cc3n(n2)CCN(C(=O)C(C)C)C3)cc(C(C)C)n1. The van der Waals surface area contributed by atoms with Gasteiger partial charge in [0, 0.05) is 24.2 Å². The molecule has 1 aliphatic heterocycles. The van der Waals surface area contributed by atoms with Gasteiger partial charge in [-0.25, -0.2) is 9.97 Å². The van der Waals surface area contributed by atoms with Crippen molar-refractivity contribution in [1.29, 1.82) is 0 Å². The van der Waals surface area contributed by atoms with Crippen LogP contribution in [-0.2, 0) is 24.4 Å². The van der Waals surface area contributed by atoms with Gasteiger partial charge in [-0.05, 0) is 18.9 Å². The van der Waals surface area contributed by atoms with Crippen molar-refractivity contribution in [1.82, 2.24) is 24.6 Å². The number of hydrogen-bond acceptors (Lipinski definition) is 5. The Labute approximate surface area is 154 Å². The molecule has 1 aliphatic rings. The van der Waals surface area contributed by atoms with Crippen LogP contribution in [0.2, 0.25) is 0 Å². The maximum Gasteiger partial charge on any atom is 0.225 e.